The van der Waals surface area contributed by atoms with Crippen LogP contribution in [0, 0.1) is 11.3 Å². The molecule has 1 atom stereocenters. The first kappa shape index (κ1) is 17.7. The highest BCUT2D eigenvalue weighted by Crippen LogP contribution is 2.23. The molecule has 132 valence electrons. The van der Waals surface area contributed by atoms with Crippen molar-refractivity contribution < 1.29 is 19.1 Å². The second kappa shape index (κ2) is 7.83. The van der Waals surface area contributed by atoms with E-state index in [1.807, 2.05) is 18.2 Å². The third kappa shape index (κ3) is 3.92. The van der Waals surface area contributed by atoms with E-state index in [4.69, 9.17) is 14.7 Å². The number of rotatable bonds is 6. The number of fused-ring (bicyclic) bond motifs is 1. The topological polar surface area (TPSA) is 76.4 Å². The summed E-state index contributed by atoms with van der Waals surface area (Å²) in [5.41, 5.74) is 3.38. The molecule has 1 aliphatic carbocycles. The molecule has 0 fully saturated rings. The van der Waals surface area contributed by atoms with Crippen LogP contribution in [0.2, 0.25) is 0 Å². The molecule has 0 spiro atoms. The maximum atomic E-state index is 12.5. The molecule has 5 heteroatoms. The molecule has 0 radical (unpaired) electrons. The molecule has 0 aliphatic heterocycles. The molecule has 0 unspecified atom stereocenters. The van der Waals surface area contributed by atoms with E-state index in [9.17, 15) is 9.59 Å². The van der Waals surface area contributed by atoms with E-state index in [1.165, 1.54) is 11.1 Å². The van der Waals surface area contributed by atoms with Gasteiger partial charge in [-0.05, 0) is 55.5 Å². The lowest BCUT2D eigenvalue weighted by atomic mass is 10.0. The van der Waals surface area contributed by atoms with Gasteiger partial charge in [0.05, 0.1) is 5.56 Å². The molecular formula is C21H19NO4. The highest BCUT2D eigenvalue weighted by atomic mass is 16.6. The zero-order valence-corrected chi connectivity index (χ0v) is 14.5. The van der Waals surface area contributed by atoms with Crippen molar-refractivity contribution >= 4 is 11.8 Å². The van der Waals surface area contributed by atoms with E-state index >= 15 is 0 Å². The molecule has 2 aromatic rings. The summed E-state index contributed by atoms with van der Waals surface area (Å²) in [7, 11) is 0. The van der Waals surface area contributed by atoms with Crippen molar-refractivity contribution in [1.82, 2.24) is 0 Å². The van der Waals surface area contributed by atoms with E-state index in [2.05, 4.69) is 0 Å². The highest BCUT2D eigenvalue weighted by molar-refractivity contribution is 6.00. The summed E-state index contributed by atoms with van der Waals surface area (Å²) in [6.07, 6.45) is 2.25. The Morgan fingerprint density at radius 1 is 1.15 bits per heavy atom. The Bertz CT molecular complexity index is 882. The summed E-state index contributed by atoms with van der Waals surface area (Å²) in [5.74, 6) is -0.574. The smallest absolute Gasteiger partial charge is 0.344 e. The number of nitrogens with zero attached hydrogens (tertiary/aromatic N) is 1. The predicted octanol–water partition coefficient (Wildman–Crippen LogP) is 3.24. The Kier molecular flexibility index (Phi) is 5.33. The summed E-state index contributed by atoms with van der Waals surface area (Å²) in [4.78, 5) is 24.5. The molecule has 3 rings (SSSR count). The first-order valence-electron chi connectivity index (χ1n) is 8.56. The van der Waals surface area contributed by atoms with Gasteiger partial charge in [0.25, 0.3) is 0 Å². The molecule has 0 saturated heterocycles. The summed E-state index contributed by atoms with van der Waals surface area (Å²) in [6, 6.07) is 14.3. The lowest BCUT2D eigenvalue weighted by Crippen LogP contribution is -2.27. The van der Waals surface area contributed by atoms with Crippen LogP contribution in [0.5, 0.6) is 5.75 Å². The monoisotopic (exact) mass is 349 g/mol. The van der Waals surface area contributed by atoms with Crippen LogP contribution in [0.15, 0.2) is 42.5 Å². The number of carbonyl (C=O) groups is 2. The minimum Gasteiger partial charge on any atom is -0.481 e. The Hall–Kier alpha value is -3.13. The lowest BCUT2D eigenvalue weighted by Gasteiger charge is -2.14. The Morgan fingerprint density at radius 3 is 2.73 bits per heavy atom. The van der Waals surface area contributed by atoms with Gasteiger partial charge in [-0.1, -0.05) is 24.3 Å². The fraction of sp³-hybridized carbons (Fsp3) is 0.286. The Morgan fingerprint density at radius 2 is 1.92 bits per heavy atom. The number of hydrogen-bond donors (Lipinski definition) is 0. The first-order chi connectivity index (χ1) is 12.6. The van der Waals surface area contributed by atoms with Gasteiger partial charge >= 0.3 is 5.97 Å². The number of hydrogen-bond acceptors (Lipinski definition) is 5. The van der Waals surface area contributed by atoms with Gasteiger partial charge in [0, 0.05) is 5.56 Å². The highest BCUT2D eigenvalue weighted by Gasteiger charge is 2.22. The molecule has 5 nitrogen and oxygen atoms in total. The number of ether oxygens (including phenoxy) is 2. The summed E-state index contributed by atoms with van der Waals surface area (Å²) in [5, 5.41) is 9.00. The zero-order valence-electron chi connectivity index (χ0n) is 14.5. The van der Waals surface area contributed by atoms with Crippen molar-refractivity contribution in [3.8, 4) is 11.8 Å². The van der Waals surface area contributed by atoms with Crippen LogP contribution in [0.3, 0.4) is 0 Å². The van der Waals surface area contributed by atoms with Crippen LogP contribution in [-0.4, -0.2) is 24.5 Å². The minimum absolute atomic E-state index is 0.231. The fourth-order valence-electron chi connectivity index (χ4n) is 3.07. The SMILES string of the molecule is C[C@@H](OC(=O)COc1ccccc1C#N)C(=O)c1ccc2c(c1)CCC2. The minimum atomic E-state index is -0.892. The normalized spacial score (nSPS) is 13.4. The number of ketones is 1. The second-order valence-corrected chi connectivity index (χ2v) is 6.23. The summed E-state index contributed by atoms with van der Waals surface area (Å²) in [6.45, 7) is 1.19. The van der Waals surface area contributed by atoms with E-state index in [-0.39, 0.29) is 12.4 Å². The van der Waals surface area contributed by atoms with Gasteiger partial charge in [-0.15, -0.1) is 0 Å². The standard InChI is InChI=1S/C21H19NO4/c1-14(21(24)17-10-9-15-6-4-7-16(15)11-17)26-20(23)13-25-19-8-3-2-5-18(19)12-22/h2-3,5,8-11,14H,4,6-7,13H2,1H3/t14-/m1/s1. The average molecular weight is 349 g/mol. The first-order valence-corrected chi connectivity index (χ1v) is 8.56. The zero-order chi connectivity index (χ0) is 18.5. The van der Waals surface area contributed by atoms with Crippen LogP contribution >= 0.6 is 0 Å². The van der Waals surface area contributed by atoms with Crippen molar-refractivity contribution in [3.63, 3.8) is 0 Å². The molecule has 0 heterocycles. The molecule has 0 N–H and O–H groups in total. The lowest BCUT2D eigenvalue weighted by molar-refractivity contribution is -0.148. The molecule has 1 aliphatic rings. The van der Waals surface area contributed by atoms with Gasteiger partial charge in [-0.3, -0.25) is 4.79 Å². The molecule has 2 aromatic carbocycles. The van der Waals surface area contributed by atoms with Crippen LogP contribution < -0.4 is 4.74 Å². The molecule has 0 amide bonds. The van der Waals surface area contributed by atoms with Crippen LogP contribution in [-0.2, 0) is 22.4 Å². The predicted molar refractivity (Wildman–Crippen MR) is 95.0 cm³/mol. The van der Waals surface area contributed by atoms with Crippen molar-refractivity contribution in [2.75, 3.05) is 6.61 Å². The summed E-state index contributed by atoms with van der Waals surface area (Å²) < 4.78 is 10.5. The van der Waals surface area contributed by atoms with E-state index in [0.29, 0.717) is 16.9 Å². The van der Waals surface area contributed by atoms with E-state index < -0.39 is 12.1 Å². The number of benzene rings is 2. The Balaban J connectivity index is 1.57. The third-order valence-corrected chi connectivity index (χ3v) is 4.41. The molecule has 26 heavy (non-hydrogen) atoms. The number of nitriles is 1. The largest absolute Gasteiger partial charge is 0.481 e. The van der Waals surface area contributed by atoms with Crippen LogP contribution in [0.4, 0.5) is 0 Å². The number of aryl methyl sites for hydroxylation is 2. The molecule has 0 saturated carbocycles. The van der Waals surface area contributed by atoms with E-state index in [1.54, 1.807) is 37.3 Å². The number of Topliss-reactive ketones (excluding diaryl/α,β-unsaturated/α-hetero) is 1. The fourth-order valence-corrected chi connectivity index (χ4v) is 3.07. The van der Waals surface area contributed by atoms with Crippen molar-refractivity contribution in [3.05, 3.63) is 64.7 Å². The maximum absolute atomic E-state index is 12.5. The number of carbonyl (C=O) groups excluding carboxylic acids is 2. The quantitative estimate of drug-likeness (QED) is 0.591. The molecule has 0 bridgehead atoms. The van der Waals surface area contributed by atoms with Crippen molar-refractivity contribution in [1.29, 1.82) is 5.26 Å². The Labute approximate surface area is 152 Å². The summed E-state index contributed by atoms with van der Waals surface area (Å²) >= 11 is 0. The number of para-hydroxylation sites is 1. The van der Waals surface area contributed by atoms with Crippen LogP contribution in [0.25, 0.3) is 0 Å². The van der Waals surface area contributed by atoms with Gasteiger partial charge < -0.3 is 9.47 Å². The average Bonchev–Trinajstić information content (AvgIpc) is 3.13. The van der Waals surface area contributed by atoms with Gasteiger partial charge in [-0.2, -0.15) is 5.26 Å². The number of esters is 1. The van der Waals surface area contributed by atoms with Crippen molar-refractivity contribution in [2.45, 2.75) is 32.3 Å². The van der Waals surface area contributed by atoms with Gasteiger partial charge in [0.1, 0.15) is 11.8 Å². The second-order valence-electron chi connectivity index (χ2n) is 6.23. The van der Waals surface area contributed by atoms with Gasteiger partial charge in [-0.25, -0.2) is 4.79 Å². The van der Waals surface area contributed by atoms with Crippen molar-refractivity contribution in [2.24, 2.45) is 0 Å². The van der Waals surface area contributed by atoms with E-state index in [0.717, 1.165) is 19.3 Å². The van der Waals surface area contributed by atoms with Gasteiger partial charge in [0.15, 0.2) is 12.7 Å². The molecular weight excluding hydrogens is 330 g/mol. The van der Waals surface area contributed by atoms with Crippen LogP contribution in [0.1, 0.15) is 40.4 Å². The maximum Gasteiger partial charge on any atom is 0.344 e. The third-order valence-electron chi connectivity index (χ3n) is 4.41. The molecule has 0 aromatic heterocycles. The van der Waals surface area contributed by atoms with Gasteiger partial charge in [0.2, 0.25) is 5.78 Å².